The van der Waals surface area contributed by atoms with E-state index in [1.807, 2.05) is 44.4 Å². The summed E-state index contributed by atoms with van der Waals surface area (Å²) in [4.78, 5) is 56.0. The maximum absolute atomic E-state index is 13.3. The number of thiophene rings is 1. The van der Waals surface area contributed by atoms with Gasteiger partial charge < -0.3 is 19.9 Å². The number of carbonyl (C=O) groups excluding carboxylic acids is 4. The van der Waals surface area contributed by atoms with Gasteiger partial charge in [-0.1, -0.05) is 12.1 Å². The highest BCUT2D eigenvalue weighted by atomic mass is 32.1. The number of hydrogen-bond donors (Lipinski definition) is 1. The maximum atomic E-state index is 13.3. The smallest absolute Gasteiger partial charge is 0.435 e. The molecule has 38 heavy (non-hydrogen) atoms. The van der Waals surface area contributed by atoms with Crippen LogP contribution in [-0.4, -0.2) is 51.6 Å². The summed E-state index contributed by atoms with van der Waals surface area (Å²) >= 11 is 1.51. The van der Waals surface area contributed by atoms with Crippen molar-refractivity contribution in [2.24, 2.45) is 0 Å². The van der Waals surface area contributed by atoms with E-state index in [0.717, 1.165) is 15.1 Å². The molecule has 0 bridgehead atoms. The molecule has 198 valence electrons. The summed E-state index contributed by atoms with van der Waals surface area (Å²) in [5, 5.41) is 9.07. The first-order valence-electron chi connectivity index (χ1n) is 12.5. The average molecular weight is 536 g/mol. The molecular formula is C27H29N5O5S. The third-order valence-corrected chi connectivity index (χ3v) is 7.91. The fraction of sp³-hybridized carbons (Fsp3) is 0.370. The van der Waals surface area contributed by atoms with Gasteiger partial charge in [0.2, 0.25) is 11.8 Å². The molecule has 10 nitrogen and oxygen atoms in total. The van der Waals surface area contributed by atoms with Crippen molar-refractivity contribution in [3.05, 3.63) is 63.0 Å². The number of anilines is 2. The van der Waals surface area contributed by atoms with Crippen molar-refractivity contribution >= 4 is 46.7 Å². The van der Waals surface area contributed by atoms with Gasteiger partial charge in [-0.25, -0.2) is 4.79 Å². The van der Waals surface area contributed by atoms with Gasteiger partial charge in [-0.15, -0.1) is 16.4 Å². The molecular weight excluding hydrogens is 506 g/mol. The molecule has 3 amide bonds. The van der Waals surface area contributed by atoms with Crippen LogP contribution < -0.4 is 10.2 Å². The highest BCUT2D eigenvalue weighted by molar-refractivity contribution is 7.10. The molecule has 5 rings (SSSR count). The predicted octanol–water partition coefficient (Wildman–Crippen LogP) is 3.93. The first kappa shape index (κ1) is 25.7. The standard InChI is InChI=1S/C27H29N5O5S/c1-5-31-20-12-16(9-10-19(20)27(3,4)25(31)35)24(34)28-23-18-14-30(22(33)13-17-8-7-11-38-17)15-21(18)32(29-23)26(36)37-6-2/h7-12H,5-6,13-15H2,1-4H3,(H,28,29,34). The summed E-state index contributed by atoms with van der Waals surface area (Å²) in [7, 11) is 0. The van der Waals surface area contributed by atoms with Crippen LogP contribution in [0.3, 0.4) is 0 Å². The molecule has 1 aromatic carbocycles. The van der Waals surface area contributed by atoms with E-state index >= 15 is 0 Å². The molecule has 0 aliphatic carbocycles. The van der Waals surface area contributed by atoms with E-state index in [9.17, 15) is 19.2 Å². The van der Waals surface area contributed by atoms with Crippen LogP contribution >= 0.6 is 11.3 Å². The van der Waals surface area contributed by atoms with Crippen LogP contribution in [0.1, 0.15) is 59.8 Å². The number of likely N-dealkylation sites (N-methyl/N-ethyl adjacent to an activating group) is 1. The summed E-state index contributed by atoms with van der Waals surface area (Å²) in [5.74, 6) is -0.317. The van der Waals surface area contributed by atoms with Crippen molar-refractivity contribution in [3.8, 4) is 0 Å². The van der Waals surface area contributed by atoms with Gasteiger partial charge in [-0.3, -0.25) is 14.4 Å². The van der Waals surface area contributed by atoms with E-state index in [1.54, 1.807) is 28.9 Å². The van der Waals surface area contributed by atoms with Crippen molar-refractivity contribution < 1.29 is 23.9 Å². The van der Waals surface area contributed by atoms with Crippen molar-refractivity contribution in [3.63, 3.8) is 0 Å². The number of nitrogens with one attached hydrogen (secondary N) is 1. The lowest BCUT2D eigenvalue weighted by atomic mass is 9.86. The zero-order valence-corrected chi connectivity index (χ0v) is 22.6. The highest BCUT2D eigenvalue weighted by Crippen LogP contribution is 2.42. The topological polar surface area (TPSA) is 114 Å². The number of ether oxygens (including phenoxy) is 1. The lowest BCUT2D eigenvalue weighted by Gasteiger charge is -2.18. The van der Waals surface area contributed by atoms with E-state index in [4.69, 9.17) is 4.74 Å². The summed E-state index contributed by atoms with van der Waals surface area (Å²) < 4.78 is 6.27. The Morgan fingerprint density at radius 2 is 1.95 bits per heavy atom. The maximum Gasteiger partial charge on any atom is 0.435 e. The number of hydrogen-bond acceptors (Lipinski definition) is 7. The van der Waals surface area contributed by atoms with Gasteiger partial charge in [0.05, 0.1) is 37.2 Å². The summed E-state index contributed by atoms with van der Waals surface area (Å²) in [6.45, 7) is 8.39. The highest BCUT2D eigenvalue weighted by Gasteiger charge is 2.43. The molecule has 0 atom stereocenters. The summed E-state index contributed by atoms with van der Waals surface area (Å²) in [6, 6.07) is 9.00. The Labute approximate surface area is 224 Å². The number of carbonyl (C=O) groups is 4. The number of nitrogens with zero attached hydrogens (tertiary/aromatic N) is 4. The van der Waals surface area contributed by atoms with Crippen molar-refractivity contribution in [1.29, 1.82) is 0 Å². The Balaban J connectivity index is 1.42. The van der Waals surface area contributed by atoms with Crippen molar-refractivity contribution in [2.45, 2.75) is 52.6 Å². The summed E-state index contributed by atoms with van der Waals surface area (Å²) in [5.41, 5.74) is 2.38. The van der Waals surface area contributed by atoms with Gasteiger partial charge in [-0.05, 0) is 56.8 Å². The van der Waals surface area contributed by atoms with Crippen LogP contribution in [-0.2, 0) is 39.3 Å². The quantitative estimate of drug-likeness (QED) is 0.512. The van der Waals surface area contributed by atoms with Gasteiger partial charge in [0, 0.05) is 28.2 Å². The Hall–Kier alpha value is -3.99. The van der Waals surface area contributed by atoms with E-state index in [0.29, 0.717) is 29.1 Å². The zero-order chi connectivity index (χ0) is 27.2. The normalized spacial score (nSPS) is 15.4. The largest absolute Gasteiger partial charge is 0.448 e. The third-order valence-electron chi connectivity index (χ3n) is 7.03. The van der Waals surface area contributed by atoms with Crippen LogP contribution in [0.15, 0.2) is 35.7 Å². The average Bonchev–Trinajstić information content (AvgIpc) is 3.65. The molecule has 2 aliphatic rings. The number of aromatic nitrogens is 2. The first-order chi connectivity index (χ1) is 18.1. The SMILES string of the molecule is CCOC(=O)n1nc(NC(=O)c2ccc3c(c2)N(CC)C(=O)C3(C)C)c2c1CN(C(=O)Cc1cccs1)C2. The lowest BCUT2D eigenvalue weighted by Crippen LogP contribution is -2.35. The van der Waals surface area contributed by atoms with Crippen molar-refractivity contribution in [2.75, 3.05) is 23.4 Å². The fourth-order valence-electron chi connectivity index (χ4n) is 5.01. The lowest BCUT2D eigenvalue weighted by molar-refractivity contribution is -0.131. The van der Waals surface area contributed by atoms with Crippen LogP contribution in [0.2, 0.25) is 0 Å². The molecule has 0 radical (unpaired) electrons. The molecule has 0 unspecified atom stereocenters. The molecule has 1 N–H and O–H groups in total. The molecule has 2 aromatic heterocycles. The number of rotatable bonds is 6. The van der Waals surface area contributed by atoms with E-state index in [2.05, 4.69) is 10.4 Å². The second kappa shape index (κ2) is 9.71. The van der Waals surface area contributed by atoms with Gasteiger partial charge in [0.25, 0.3) is 5.91 Å². The molecule has 0 saturated carbocycles. The first-order valence-corrected chi connectivity index (χ1v) is 13.4. The minimum absolute atomic E-state index is 0.00846. The number of benzene rings is 1. The Morgan fingerprint density at radius 1 is 1.16 bits per heavy atom. The van der Waals surface area contributed by atoms with Gasteiger partial charge in [0.15, 0.2) is 5.82 Å². The summed E-state index contributed by atoms with van der Waals surface area (Å²) in [6.07, 6.45) is -0.414. The second-order valence-corrected chi connectivity index (χ2v) is 10.8. The number of fused-ring (bicyclic) bond motifs is 2. The van der Waals surface area contributed by atoms with Gasteiger partial charge in [0.1, 0.15) is 0 Å². The van der Waals surface area contributed by atoms with Crippen LogP contribution in [0, 0.1) is 0 Å². The predicted molar refractivity (Wildman–Crippen MR) is 142 cm³/mol. The zero-order valence-electron chi connectivity index (χ0n) is 21.7. The molecule has 0 fully saturated rings. The minimum Gasteiger partial charge on any atom is -0.448 e. The Kier molecular flexibility index (Phi) is 6.56. The van der Waals surface area contributed by atoms with Crippen LogP contribution in [0.5, 0.6) is 0 Å². The van der Waals surface area contributed by atoms with E-state index in [1.165, 1.54) is 11.3 Å². The Bertz CT molecular complexity index is 1440. The molecule has 2 aliphatic heterocycles. The van der Waals surface area contributed by atoms with Crippen LogP contribution in [0.25, 0.3) is 0 Å². The molecule has 0 spiro atoms. The fourth-order valence-corrected chi connectivity index (χ4v) is 5.70. The minimum atomic E-state index is -0.673. The molecule has 3 aromatic rings. The van der Waals surface area contributed by atoms with Gasteiger partial charge in [-0.2, -0.15) is 4.68 Å². The third kappa shape index (κ3) is 4.26. The van der Waals surface area contributed by atoms with Crippen molar-refractivity contribution in [1.82, 2.24) is 14.7 Å². The molecule has 4 heterocycles. The number of amides is 3. The molecule has 0 saturated heterocycles. The van der Waals surface area contributed by atoms with Crippen LogP contribution in [0.4, 0.5) is 16.3 Å². The van der Waals surface area contributed by atoms with Gasteiger partial charge >= 0.3 is 6.09 Å². The van der Waals surface area contributed by atoms with E-state index < -0.39 is 17.4 Å². The molecule has 11 heteroatoms. The Morgan fingerprint density at radius 3 is 2.63 bits per heavy atom. The van der Waals surface area contributed by atoms with E-state index in [-0.39, 0.29) is 43.7 Å². The second-order valence-electron chi connectivity index (χ2n) is 9.75. The monoisotopic (exact) mass is 535 g/mol.